The first-order valence-corrected chi connectivity index (χ1v) is 11.0. The molecule has 0 bridgehead atoms. The Labute approximate surface area is 182 Å². The van der Waals surface area contributed by atoms with Crippen LogP contribution in [0.4, 0.5) is 0 Å². The molecule has 2 aromatic heterocycles. The molecule has 0 fully saturated rings. The summed E-state index contributed by atoms with van der Waals surface area (Å²) in [6.07, 6.45) is 4.29. The van der Waals surface area contributed by atoms with Gasteiger partial charge in [-0.3, -0.25) is 0 Å². The summed E-state index contributed by atoms with van der Waals surface area (Å²) in [4.78, 5) is 4.85. The summed E-state index contributed by atoms with van der Waals surface area (Å²) in [5.41, 5.74) is 4.47. The number of hydrogen-bond acceptors (Lipinski definition) is 5. The minimum absolute atomic E-state index is 0.399. The molecule has 2 heterocycles. The summed E-state index contributed by atoms with van der Waals surface area (Å²) >= 11 is 0. The van der Waals surface area contributed by atoms with Gasteiger partial charge in [-0.05, 0) is 46.0 Å². The second-order valence-electron chi connectivity index (χ2n) is 7.98. The Bertz CT molecular complexity index is 1100. The van der Waals surface area contributed by atoms with Crippen LogP contribution in [0.1, 0.15) is 63.2 Å². The van der Waals surface area contributed by atoms with Gasteiger partial charge in [0.2, 0.25) is 0 Å². The van der Waals surface area contributed by atoms with Crippen molar-refractivity contribution < 1.29 is 0 Å². The normalized spacial score (nSPS) is 12.2. The average Bonchev–Trinajstić information content (AvgIpc) is 3.48. The van der Waals surface area contributed by atoms with E-state index in [1.807, 2.05) is 12.1 Å². The van der Waals surface area contributed by atoms with Crippen molar-refractivity contribution in [3.63, 3.8) is 0 Å². The third-order valence-corrected chi connectivity index (χ3v) is 5.65. The first kappa shape index (κ1) is 20.9. The van der Waals surface area contributed by atoms with E-state index in [0.717, 1.165) is 60.6 Å². The van der Waals surface area contributed by atoms with Gasteiger partial charge >= 0.3 is 0 Å². The summed E-state index contributed by atoms with van der Waals surface area (Å²) in [7, 11) is 0. The Kier molecular flexibility index (Phi) is 6.50. The molecule has 1 unspecified atom stereocenters. The molecule has 0 aliphatic rings. The lowest BCUT2D eigenvalue weighted by Crippen LogP contribution is -2.09. The summed E-state index contributed by atoms with van der Waals surface area (Å²) in [5.74, 6) is 3.12. The van der Waals surface area contributed by atoms with Crippen molar-refractivity contribution in [3.8, 4) is 22.5 Å². The number of rotatable bonds is 9. The molecule has 4 aromatic rings. The Hall–Kier alpha value is -3.35. The van der Waals surface area contributed by atoms with E-state index in [1.165, 1.54) is 5.56 Å². The fourth-order valence-corrected chi connectivity index (χ4v) is 3.61. The number of aromatic nitrogens is 7. The lowest BCUT2D eigenvalue weighted by molar-refractivity contribution is 0.574. The smallest absolute Gasteiger partial charge is 0.179 e. The van der Waals surface area contributed by atoms with E-state index in [0.29, 0.717) is 11.7 Å². The first-order chi connectivity index (χ1) is 15.2. The number of aryl methyl sites for hydroxylation is 1. The highest BCUT2D eigenvalue weighted by molar-refractivity contribution is 5.70. The second kappa shape index (κ2) is 9.64. The van der Waals surface area contributed by atoms with Crippen molar-refractivity contribution in [2.45, 2.75) is 58.9 Å². The fraction of sp³-hybridized carbons (Fsp3) is 0.375. The molecule has 4 rings (SSSR count). The molecule has 0 aliphatic carbocycles. The molecular formula is C24H29N7. The molecule has 0 spiro atoms. The molecule has 160 valence electrons. The Balaban J connectivity index is 1.54. The highest BCUT2D eigenvalue weighted by Gasteiger charge is 2.15. The maximum absolute atomic E-state index is 4.85. The number of hydrogen-bond donors (Lipinski definition) is 1. The van der Waals surface area contributed by atoms with Gasteiger partial charge in [-0.1, -0.05) is 69.7 Å². The molecule has 1 atom stereocenters. The highest BCUT2D eigenvalue weighted by atomic mass is 15.5. The van der Waals surface area contributed by atoms with Crippen LogP contribution in [0.15, 0.2) is 48.5 Å². The summed E-state index contributed by atoms with van der Waals surface area (Å²) in [5, 5.41) is 19.0. The zero-order valence-corrected chi connectivity index (χ0v) is 18.4. The fourth-order valence-electron chi connectivity index (χ4n) is 3.61. The lowest BCUT2D eigenvalue weighted by atomic mass is 10.0. The molecular weight excluding hydrogens is 386 g/mol. The van der Waals surface area contributed by atoms with Gasteiger partial charge in [0, 0.05) is 17.9 Å². The monoisotopic (exact) mass is 415 g/mol. The third-order valence-electron chi connectivity index (χ3n) is 5.65. The van der Waals surface area contributed by atoms with E-state index in [-0.39, 0.29) is 0 Å². The molecule has 31 heavy (non-hydrogen) atoms. The van der Waals surface area contributed by atoms with Crippen LogP contribution in [0.25, 0.3) is 22.5 Å². The van der Waals surface area contributed by atoms with Gasteiger partial charge in [0.05, 0.1) is 6.54 Å². The quantitative estimate of drug-likeness (QED) is 0.414. The standard InChI is InChI=1S/C24H29N7/c1-4-6-10-22-25-24(17(3)5-2)31(28-22)16-18-11-13-19(14-12-18)20-8-7-9-21(15-20)23-26-29-30-27-23/h7-9,11-15,17H,4-6,10,16H2,1-3H3,(H,26,27,29,30). The van der Waals surface area contributed by atoms with E-state index < -0.39 is 0 Å². The Morgan fingerprint density at radius 2 is 1.81 bits per heavy atom. The van der Waals surface area contributed by atoms with Crippen LogP contribution in [-0.2, 0) is 13.0 Å². The van der Waals surface area contributed by atoms with Crippen molar-refractivity contribution in [3.05, 3.63) is 65.7 Å². The van der Waals surface area contributed by atoms with Crippen molar-refractivity contribution in [2.24, 2.45) is 0 Å². The predicted molar refractivity (Wildman–Crippen MR) is 121 cm³/mol. The number of nitrogens with zero attached hydrogens (tertiary/aromatic N) is 6. The van der Waals surface area contributed by atoms with Gasteiger partial charge in [0.15, 0.2) is 11.6 Å². The second-order valence-corrected chi connectivity index (χ2v) is 7.98. The molecule has 1 N–H and O–H groups in total. The van der Waals surface area contributed by atoms with Crippen LogP contribution in [0.5, 0.6) is 0 Å². The molecule has 0 saturated heterocycles. The zero-order valence-electron chi connectivity index (χ0n) is 18.4. The molecule has 0 saturated carbocycles. The molecule has 0 amide bonds. The number of unbranched alkanes of at least 4 members (excludes halogenated alkanes) is 1. The van der Waals surface area contributed by atoms with Gasteiger partial charge in [-0.15, -0.1) is 5.10 Å². The molecule has 2 aromatic carbocycles. The SMILES string of the molecule is CCCCc1nc(C(C)CC)n(Cc2ccc(-c3cccc(-c4nnn[nH]4)c3)cc2)n1. The lowest BCUT2D eigenvalue weighted by Gasteiger charge is -2.11. The van der Waals surface area contributed by atoms with Gasteiger partial charge in [0.25, 0.3) is 0 Å². The summed E-state index contributed by atoms with van der Waals surface area (Å²) in [6.45, 7) is 7.37. The molecule has 7 nitrogen and oxygen atoms in total. The molecule has 0 aliphatic heterocycles. The van der Waals surface area contributed by atoms with Crippen LogP contribution < -0.4 is 0 Å². The molecule has 0 radical (unpaired) electrons. The van der Waals surface area contributed by atoms with Gasteiger partial charge in [-0.2, -0.15) is 5.10 Å². The number of H-pyrrole nitrogens is 1. The van der Waals surface area contributed by atoms with Gasteiger partial charge in [-0.25, -0.2) is 14.8 Å². The largest absolute Gasteiger partial charge is 0.245 e. The van der Waals surface area contributed by atoms with Crippen molar-refractivity contribution >= 4 is 0 Å². The number of aromatic amines is 1. The van der Waals surface area contributed by atoms with E-state index in [9.17, 15) is 0 Å². The van der Waals surface area contributed by atoms with E-state index >= 15 is 0 Å². The Morgan fingerprint density at radius 3 is 2.52 bits per heavy atom. The van der Waals surface area contributed by atoms with E-state index in [4.69, 9.17) is 10.1 Å². The number of tetrazole rings is 1. The van der Waals surface area contributed by atoms with Crippen molar-refractivity contribution in [1.29, 1.82) is 0 Å². The maximum atomic E-state index is 4.85. The zero-order chi connectivity index (χ0) is 21.6. The van der Waals surface area contributed by atoms with Crippen LogP contribution in [0.2, 0.25) is 0 Å². The van der Waals surface area contributed by atoms with E-state index in [2.05, 4.69) is 82.5 Å². The Morgan fingerprint density at radius 1 is 1.00 bits per heavy atom. The number of nitrogens with one attached hydrogen (secondary N) is 1. The number of benzene rings is 2. The van der Waals surface area contributed by atoms with Crippen molar-refractivity contribution in [2.75, 3.05) is 0 Å². The van der Waals surface area contributed by atoms with Gasteiger partial charge in [0.1, 0.15) is 5.82 Å². The van der Waals surface area contributed by atoms with Crippen LogP contribution >= 0.6 is 0 Å². The first-order valence-electron chi connectivity index (χ1n) is 11.0. The predicted octanol–water partition coefficient (Wildman–Crippen LogP) is 5.03. The van der Waals surface area contributed by atoms with Crippen LogP contribution in [0.3, 0.4) is 0 Å². The van der Waals surface area contributed by atoms with Gasteiger partial charge < -0.3 is 0 Å². The van der Waals surface area contributed by atoms with Crippen LogP contribution in [0, 0.1) is 0 Å². The summed E-state index contributed by atoms with van der Waals surface area (Å²) in [6, 6.07) is 16.9. The van der Waals surface area contributed by atoms with E-state index in [1.54, 1.807) is 0 Å². The highest BCUT2D eigenvalue weighted by Crippen LogP contribution is 2.25. The van der Waals surface area contributed by atoms with Crippen LogP contribution in [-0.4, -0.2) is 35.4 Å². The van der Waals surface area contributed by atoms with Crippen molar-refractivity contribution in [1.82, 2.24) is 35.4 Å². The molecule has 7 heteroatoms. The minimum atomic E-state index is 0.399. The average molecular weight is 416 g/mol. The minimum Gasteiger partial charge on any atom is -0.245 e. The third kappa shape index (κ3) is 4.87. The summed E-state index contributed by atoms with van der Waals surface area (Å²) < 4.78 is 2.09. The topological polar surface area (TPSA) is 85.2 Å². The maximum Gasteiger partial charge on any atom is 0.179 e.